The van der Waals surface area contributed by atoms with Crippen molar-refractivity contribution >= 4 is 23.2 Å². The predicted octanol–water partition coefficient (Wildman–Crippen LogP) is 3.33. The Hall–Kier alpha value is -2.14. The number of hydrogen-bond donors (Lipinski definition) is 2. The summed E-state index contributed by atoms with van der Waals surface area (Å²) in [7, 11) is 0. The Morgan fingerprint density at radius 1 is 1.15 bits per heavy atom. The van der Waals surface area contributed by atoms with Gasteiger partial charge in [-0.15, -0.1) is 0 Å². The second kappa shape index (κ2) is 5.88. The number of hydrogen-bond acceptors (Lipinski definition) is 2. The zero-order valence-corrected chi connectivity index (χ0v) is 11.0. The number of nitrogens with two attached hydrogens (primary N) is 1. The van der Waals surface area contributed by atoms with Gasteiger partial charge in [0, 0.05) is 12.2 Å². The van der Waals surface area contributed by atoms with E-state index in [1.165, 1.54) is 18.2 Å². The number of halogens is 3. The summed E-state index contributed by atoms with van der Waals surface area (Å²) in [4.78, 5) is 11.1. The molecule has 0 aliphatic carbocycles. The molecule has 2 aromatic rings. The van der Waals surface area contributed by atoms with Gasteiger partial charge in [-0.25, -0.2) is 8.78 Å². The number of benzene rings is 2. The fourth-order valence-electron chi connectivity index (χ4n) is 1.68. The number of nitrogens with one attached hydrogen (secondary N) is 1. The van der Waals surface area contributed by atoms with Gasteiger partial charge in [-0.05, 0) is 35.9 Å². The zero-order chi connectivity index (χ0) is 14.7. The fraction of sp³-hybridized carbons (Fsp3) is 0.0714. The van der Waals surface area contributed by atoms with Crippen LogP contribution in [-0.4, -0.2) is 5.91 Å². The van der Waals surface area contributed by atoms with Gasteiger partial charge in [0.25, 0.3) is 0 Å². The third kappa shape index (κ3) is 3.24. The molecule has 0 bridgehead atoms. The van der Waals surface area contributed by atoms with Gasteiger partial charge in [-0.2, -0.15) is 0 Å². The highest BCUT2D eigenvalue weighted by molar-refractivity contribution is 6.33. The van der Waals surface area contributed by atoms with E-state index in [0.717, 1.165) is 12.1 Å². The maximum Gasteiger partial charge on any atom is 0.250 e. The Labute approximate surface area is 119 Å². The second-order valence-electron chi connectivity index (χ2n) is 4.16. The molecule has 2 aromatic carbocycles. The van der Waals surface area contributed by atoms with E-state index in [4.69, 9.17) is 17.3 Å². The molecule has 2 rings (SSSR count). The second-order valence-corrected chi connectivity index (χ2v) is 4.57. The summed E-state index contributed by atoms with van der Waals surface area (Å²) in [5, 5.41) is 3.23. The van der Waals surface area contributed by atoms with Crippen LogP contribution in [0.4, 0.5) is 14.5 Å². The molecule has 0 aliphatic heterocycles. The first kappa shape index (κ1) is 14.3. The molecule has 1 amide bonds. The van der Waals surface area contributed by atoms with Gasteiger partial charge in [0.15, 0.2) is 11.6 Å². The lowest BCUT2D eigenvalue weighted by Gasteiger charge is -2.09. The van der Waals surface area contributed by atoms with Crippen molar-refractivity contribution in [3.05, 3.63) is 64.2 Å². The Balaban J connectivity index is 2.12. The molecule has 0 spiro atoms. The summed E-state index contributed by atoms with van der Waals surface area (Å²) in [6.07, 6.45) is 0. The van der Waals surface area contributed by atoms with Crippen LogP contribution in [0.3, 0.4) is 0 Å². The Morgan fingerprint density at radius 3 is 2.55 bits per heavy atom. The Morgan fingerprint density at radius 2 is 1.90 bits per heavy atom. The molecular formula is C14H11ClF2N2O. The molecule has 0 aromatic heterocycles. The Kier molecular flexibility index (Phi) is 4.20. The molecule has 0 saturated heterocycles. The minimum atomic E-state index is -0.904. The fourth-order valence-corrected chi connectivity index (χ4v) is 1.89. The van der Waals surface area contributed by atoms with E-state index in [2.05, 4.69) is 5.32 Å². The summed E-state index contributed by atoms with van der Waals surface area (Å²) in [6.45, 7) is 0.275. The van der Waals surface area contributed by atoms with Gasteiger partial charge in [0.2, 0.25) is 5.91 Å². The maximum absolute atomic E-state index is 13.0. The third-order valence-electron chi connectivity index (χ3n) is 2.71. The SMILES string of the molecule is NC(=O)c1cc(NCc2ccc(F)c(F)c2)ccc1Cl. The van der Waals surface area contributed by atoms with Crippen molar-refractivity contribution in [2.45, 2.75) is 6.54 Å². The largest absolute Gasteiger partial charge is 0.381 e. The van der Waals surface area contributed by atoms with Gasteiger partial charge >= 0.3 is 0 Å². The van der Waals surface area contributed by atoms with Crippen LogP contribution in [0.2, 0.25) is 5.02 Å². The van der Waals surface area contributed by atoms with Crippen LogP contribution >= 0.6 is 11.6 Å². The minimum Gasteiger partial charge on any atom is -0.381 e. The first-order valence-corrected chi connectivity index (χ1v) is 6.12. The number of anilines is 1. The lowest BCUT2D eigenvalue weighted by Crippen LogP contribution is -2.12. The summed E-state index contributed by atoms with van der Waals surface area (Å²) >= 11 is 5.83. The highest BCUT2D eigenvalue weighted by atomic mass is 35.5. The van der Waals surface area contributed by atoms with Crippen molar-refractivity contribution in [3.63, 3.8) is 0 Å². The molecule has 0 heterocycles. The highest BCUT2D eigenvalue weighted by Gasteiger charge is 2.08. The lowest BCUT2D eigenvalue weighted by molar-refractivity contribution is 0.100. The van der Waals surface area contributed by atoms with Gasteiger partial charge < -0.3 is 11.1 Å². The number of rotatable bonds is 4. The van der Waals surface area contributed by atoms with Crippen molar-refractivity contribution in [1.29, 1.82) is 0 Å². The van der Waals surface area contributed by atoms with Crippen LogP contribution < -0.4 is 11.1 Å². The molecule has 0 atom stereocenters. The van der Waals surface area contributed by atoms with Crippen molar-refractivity contribution < 1.29 is 13.6 Å². The first-order chi connectivity index (χ1) is 9.47. The summed E-state index contributed by atoms with van der Waals surface area (Å²) in [5.74, 6) is -2.43. The van der Waals surface area contributed by atoms with E-state index in [0.29, 0.717) is 11.3 Å². The average molecular weight is 297 g/mol. The molecule has 0 fully saturated rings. The smallest absolute Gasteiger partial charge is 0.250 e. The van der Waals surface area contributed by atoms with E-state index >= 15 is 0 Å². The van der Waals surface area contributed by atoms with Gasteiger partial charge in [-0.3, -0.25) is 4.79 Å². The number of carbonyl (C=O) groups is 1. The van der Waals surface area contributed by atoms with E-state index in [9.17, 15) is 13.6 Å². The molecule has 3 nitrogen and oxygen atoms in total. The standard InChI is InChI=1S/C14H11ClF2N2O/c15-11-3-2-9(6-10(11)14(18)20)19-7-8-1-4-12(16)13(17)5-8/h1-6,19H,7H2,(H2,18,20). The topological polar surface area (TPSA) is 55.1 Å². The maximum atomic E-state index is 13.0. The van der Waals surface area contributed by atoms with Crippen LogP contribution in [0.1, 0.15) is 15.9 Å². The van der Waals surface area contributed by atoms with Crippen LogP contribution in [0.5, 0.6) is 0 Å². The van der Waals surface area contributed by atoms with E-state index in [-0.39, 0.29) is 17.1 Å². The molecule has 0 radical (unpaired) electrons. The van der Waals surface area contributed by atoms with Gasteiger partial charge in [-0.1, -0.05) is 17.7 Å². The molecule has 0 saturated carbocycles. The highest BCUT2D eigenvalue weighted by Crippen LogP contribution is 2.20. The third-order valence-corrected chi connectivity index (χ3v) is 3.04. The molecule has 0 unspecified atom stereocenters. The van der Waals surface area contributed by atoms with Crippen molar-refractivity contribution in [1.82, 2.24) is 0 Å². The molecule has 104 valence electrons. The molecular weight excluding hydrogens is 286 g/mol. The monoisotopic (exact) mass is 296 g/mol. The zero-order valence-electron chi connectivity index (χ0n) is 10.3. The average Bonchev–Trinajstić information content (AvgIpc) is 2.41. The van der Waals surface area contributed by atoms with E-state index in [1.807, 2.05) is 0 Å². The first-order valence-electron chi connectivity index (χ1n) is 5.74. The summed E-state index contributed by atoms with van der Waals surface area (Å²) < 4.78 is 25.8. The van der Waals surface area contributed by atoms with Crippen molar-refractivity contribution in [2.75, 3.05) is 5.32 Å². The normalized spacial score (nSPS) is 10.3. The van der Waals surface area contributed by atoms with Crippen molar-refractivity contribution in [2.24, 2.45) is 5.73 Å². The lowest BCUT2D eigenvalue weighted by atomic mass is 10.1. The van der Waals surface area contributed by atoms with E-state index in [1.54, 1.807) is 6.07 Å². The van der Waals surface area contributed by atoms with Crippen LogP contribution in [0.25, 0.3) is 0 Å². The van der Waals surface area contributed by atoms with Gasteiger partial charge in [0.05, 0.1) is 10.6 Å². The van der Waals surface area contributed by atoms with E-state index < -0.39 is 17.5 Å². The molecule has 20 heavy (non-hydrogen) atoms. The number of primary amides is 1. The molecule has 6 heteroatoms. The van der Waals surface area contributed by atoms with Crippen LogP contribution in [-0.2, 0) is 6.54 Å². The summed E-state index contributed by atoms with van der Waals surface area (Å²) in [5.41, 5.74) is 6.55. The summed E-state index contributed by atoms with van der Waals surface area (Å²) in [6, 6.07) is 8.33. The van der Waals surface area contributed by atoms with Crippen molar-refractivity contribution in [3.8, 4) is 0 Å². The Bertz CT molecular complexity index is 662. The van der Waals surface area contributed by atoms with Gasteiger partial charge in [0.1, 0.15) is 0 Å². The van der Waals surface area contributed by atoms with Crippen LogP contribution in [0, 0.1) is 11.6 Å². The van der Waals surface area contributed by atoms with Crippen LogP contribution in [0.15, 0.2) is 36.4 Å². The quantitative estimate of drug-likeness (QED) is 0.909. The molecule has 0 aliphatic rings. The minimum absolute atomic E-state index is 0.196. The number of amides is 1. The number of carbonyl (C=O) groups excluding carboxylic acids is 1. The predicted molar refractivity (Wildman–Crippen MR) is 73.7 cm³/mol. The molecule has 3 N–H and O–H groups in total.